The maximum atomic E-state index is 0. The Kier molecular flexibility index (Phi) is 128. The summed E-state index contributed by atoms with van der Waals surface area (Å²) in [7, 11) is 0. The quantitative estimate of drug-likeness (QED) is 0.392. The van der Waals surface area contributed by atoms with Crippen molar-refractivity contribution in [2.24, 2.45) is 0 Å². The number of hydrogen-bond acceptors (Lipinski definition) is 0. The normalized spacial score (nSPS) is 0. The van der Waals surface area contributed by atoms with Gasteiger partial charge in [-0.1, -0.05) is 0 Å². The molecule has 0 radical (unpaired) electrons. The van der Waals surface area contributed by atoms with Gasteiger partial charge in [-0.2, -0.15) is 0 Å². The summed E-state index contributed by atoms with van der Waals surface area (Å²) in [5.74, 6) is 0. The minimum Gasteiger partial charge on any atom is 0 e. The van der Waals surface area contributed by atoms with Crippen LogP contribution >= 0.6 is 0 Å². The Morgan fingerprint density at radius 3 is 1.00 bits per heavy atom. The molecule has 0 aromatic heterocycles. The van der Waals surface area contributed by atoms with E-state index in [0.717, 1.165) is 0 Å². The van der Waals surface area contributed by atoms with Crippen molar-refractivity contribution in [3.8, 4) is 0 Å². The first-order valence-electron chi connectivity index (χ1n) is 0. The Morgan fingerprint density at radius 2 is 1.00 bits per heavy atom. The van der Waals surface area contributed by atoms with Crippen molar-refractivity contribution < 1.29 is 43.6 Å². The molecular weight excluding hydrogens is 195 g/mol. The molecule has 4 heteroatoms. The topological polar surface area (TPSA) is 0 Å². The van der Waals surface area contributed by atoms with Crippen molar-refractivity contribution >= 4 is 40.4 Å². The van der Waals surface area contributed by atoms with E-state index in [-0.39, 0.29) is 84.0 Å². The van der Waals surface area contributed by atoms with Gasteiger partial charge in [0.15, 0.2) is 17.4 Å². The first-order valence-corrected chi connectivity index (χ1v) is 0. The molecule has 0 nitrogen and oxygen atoms in total. The van der Waals surface area contributed by atoms with E-state index in [0.29, 0.717) is 0 Å². The van der Waals surface area contributed by atoms with Crippen molar-refractivity contribution in [3.63, 3.8) is 0 Å². The van der Waals surface area contributed by atoms with Crippen molar-refractivity contribution in [2.45, 2.75) is 0 Å². The van der Waals surface area contributed by atoms with E-state index in [1.807, 2.05) is 0 Å². The van der Waals surface area contributed by atoms with E-state index in [2.05, 4.69) is 0 Å². The molecule has 0 saturated carbocycles. The Hall–Kier alpha value is 2.71. The van der Waals surface area contributed by atoms with Crippen LogP contribution in [0.4, 0.5) is 0 Å². The molecular formula is H5AlCrMgZr. The molecule has 0 aliphatic carbocycles. The van der Waals surface area contributed by atoms with Crippen LogP contribution < -0.4 is 0 Å². The number of hydrogen-bond donors (Lipinski definition) is 0. The SMILES string of the molecule is [AlH3].[Cr].[MgH2].[Zr]. The fourth-order valence-corrected chi connectivity index (χ4v) is 0. The van der Waals surface area contributed by atoms with Crippen molar-refractivity contribution in [3.05, 3.63) is 0 Å². The molecule has 0 bridgehead atoms. The molecule has 0 atom stereocenters. The van der Waals surface area contributed by atoms with E-state index in [4.69, 9.17) is 0 Å². The van der Waals surface area contributed by atoms with E-state index >= 15 is 0 Å². The van der Waals surface area contributed by atoms with Crippen LogP contribution in [0.1, 0.15) is 0 Å². The van der Waals surface area contributed by atoms with Crippen LogP contribution in [0, 0.1) is 0 Å². The largest absolute Gasteiger partial charge is 0.316 e. The summed E-state index contributed by atoms with van der Waals surface area (Å²) in [5.41, 5.74) is 0. The molecule has 20 valence electrons. The monoisotopic (exact) mass is 198 g/mol. The third-order valence-corrected chi connectivity index (χ3v) is 0. The van der Waals surface area contributed by atoms with Crippen LogP contribution in [0.5, 0.6) is 0 Å². The second-order valence-electron chi connectivity index (χ2n) is 0. The standard InChI is InChI=1S/Al.Cr.Mg.Zr.5H. The maximum absolute atomic E-state index is 0. The summed E-state index contributed by atoms with van der Waals surface area (Å²) in [4.78, 5) is 0. The summed E-state index contributed by atoms with van der Waals surface area (Å²) >= 11 is 0. The van der Waals surface area contributed by atoms with Crippen molar-refractivity contribution in [1.82, 2.24) is 0 Å². The van der Waals surface area contributed by atoms with Crippen LogP contribution in [0.15, 0.2) is 0 Å². The zero-order valence-electron chi connectivity index (χ0n) is 0.908. The van der Waals surface area contributed by atoms with Gasteiger partial charge in [0, 0.05) is 43.6 Å². The van der Waals surface area contributed by atoms with Crippen LogP contribution in [0.25, 0.3) is 0 Å². The van der Waals surface area contributed by atoms with Gasteiger partial charge in [-0.3, -0.25) is 0 Å². The van der Waals surface area contributed by atoms with Gasteiger partial charge in [0.05, 0.1) is 0 Å². The maximum Gasteiger partial charge on any atom is 0.316 e. The second kappa shape index (κ2) is 17.2. The van der Waals surface area contributed by atoms with Crippen LogP contribution in [-0.4, -0.2) is 40.4 Å². The molecule has 0 aromatic carbocycles. The van der Waals surface area contributed by atoms with Gasteiger partial charge in [0.1, 0.15) is 0 Å². The Labute approximate surface area is 82.6 Å². The summed E-state index contributed by atoms with van der Waals surface area (Å²) in [5, 5.41) is 0. The summed E-state index contributed by atoms with van der Waals surface area (Å²) in [6, 6.07) is 0. The third-order valence-electron chi connectivity index (χ3n) is 0. The fourth-order valence-electron chi connectivity index (χ4n) is 0. The molecule has 0 fully saturated rings. The Balaban J connectivity index is 0. The summed E-state index contributed by atoms with van der Waals surface area (Å²) in [6.45, 7) is 0. The van der Waals surface area contributed by atoms with Gasteiger partial charge in [0.25, 0.3) is 0 Å². The molecule has 0 unspecified atom stereocenters. The molecule has 0 amide bonds. The zero-order chi connectivity index (χ0) is 0. The number of rotatable bonds is 0. The first kappa shape index (κ1) is 29.8. The average Bonchev–Trinajstić information content (AvgIpc) is 0. The minimum absolute atomic E-state index is 0. The molecule has 0 rings (SSSR count). The van der Waals surface area contributed by atoms with Crippen molar-refractivity contribution in [1.29, 1.82) is 0 Å². The molecule has 0 aliphatic heterocycles. The molecule has 4 heavy (non-hydrogen) atoms. The first-order chi connectivity index (χ1) is 0. The minimum atomic E-state index is 0. The van der Waals surface area contributed by atoms with Gasteiger partial charge in [-0.05, 0) is 0 Å². The predicted octanol–water partition coefficient (Wildman–Crippen LogP) is -2.11. The van der Waals surface area contributed by atoms with E-state index < -0.39 is 0 Å². The predicted molar refractivity (Wildman–Crippen MR) is 18.5 cm³/mol. The Morgan fingerprint density at radius 1 is 1.00 bits per heavy atom. The smallest absolute Gasteiger partial charge is 0 e. The van der Waals surface area contributed by atoms with Crippen LogP contribution in [-0.2, 0) is 43.6 Å². The van der Waals surface area contributed by atoms with E-state index in [1.165, 1.54) is 0 Å². The molecule has 0 spiro atoms. The Bertz CT molecular complexity index is 8.00. The molecule has 0 aliphatic rings. The summed E-state index contributed by atoms with van der Waals surface area (Å²) < 4.78 is 0. The van der Waals surface area contributed by atoms with E-state index in [1.54, 1.807) is 0 Å². The van der Waals surface area contributed by atoms with Crippen LogP contribution in [0.2, 0.25) is 0 Å². The molecule has 0 N–H and O–H groups in total. The van der Waals surface area contributed by atoms with Gasteiger partial charge in [-0.15, -0.1) is 0 Å². The molecule has 0 aromatic rings. The van der Waals surface area contributed by atoms with E-state index in [9.17, 15) is 0 Å². The van der Waals surface area contributed by atoms with Gasteiger partial charge >= 0.3 is 23.1 Å². The fraction of sp³-hybridized carbons (Fsp3) is 0. The molecule has 0 saturated heterocycles. The van der Waals surface area contributed by atoms with Gasteiger partial charge in [-0.25, -0.2) is 0 Å². The van der Waals surface area contributed by atoms with Gasteiger partial charge < -0.3 is 0 Å². The zero-order valence-corrected chi connectivity index (χ0v) is 4.64. The van der Waals surface area contributed by atoms with Crippen molar-refractivity contribution in [2.75, 3.05) is 0 Å². The third kappa shape index (κ3) is 8.83. The van der Waals surface area contributed by atoms with Gasteiger partial charge in [0.2, 0.25) is 0 Å². The summed E-state index contributed by atoms with van der Waals surface area (Å²) in [6.07, 6.45) is 0. The second-order valence-corrected chi connectivity index (χ2v) is 0. The average molecular weight is 200 g/mol. The van der Waals surface area contributed by atoms with Crippen LogP contribution in [0.3, 0.4) is 0 Å². The molecule has 0 heterocycles.